The number of hydrogen-bond acceptors (Lipinski definition) is 7. The first kappa shape index (κ1) is 25.5. The SMILES string of the molecule is COc1cc(COC(CC(N)C(Cl)N2CCC(O)CC2)C(=O)c2ccccc2)cc(OC)c1. The molecule has 0 radical (unpaired) electrons. The van der Waals surface area contributed by atoms with Crippen LogP contribution >= 0.6 is 11.6 Å². The summed E-state index contributed by atoms with van der Waals surface area (Å²) in [5.74, 6) is 1.14. The molecular weight excluding hydrogens is 444 g/mol. The van der Waals surface area contributed by atoms with Crippen molar-refractivity contribution >= 4 is 17.4 Å². The third-order valence-electron chi connectivity index (χ3n) is 5.90. The minimum absolute atomic E-state index is 0.140. The zero-order chi connectivity index (χ0) is 23.8. The minimum Gasteiger partial charge on any atom is -0.497 e. The average molecular weight is 477 g/mol. The number of ketones is 1. The fraction of sp³-hybridized carbons (Fsp3) is 0.480. The molecule has 1 aliphatic rings. The molecule has 2 aromatic rings. The Kier molecular flexibility index (Phi) is 9.52. The number of ether oxygens (including phenoxy) is 3. The molecule has 0 aromatic heterocycles. The number of halogens is 1. The molecule has 0 amide bonds. The van der Waals surface area contributed by atoms with Crippen LogP contribution in [0.2, 0.25) is 0 Å². The highest BCUT2D eigenvalue weighted by molar-refractivity contribution is 6.20. The molecule has 33 heavy (non-hydrogen) atoms. The van der Waals surface area contributed by atoms with Gasteiger partial charge in [-0.25, -0.2) is 0 Å². The largest absolute Gasteiger partial charge is 0.497 e. The van der Waals surface area contributed by atoms with Crippen molar-refractivity contribution in [2.75, 3.05) is 27.3 Å². The van der Waals surface area contributed by atoms with E-state index in [0.29, 0.717) is 43.0 Å². The standard InChI is InChI=1S/C25H33ClN2O5/c1-31-20-12-17(13-21(14-20)32-2)16-33-23(24(30)18-6-4-3-5-7-18)15-22(27)25(26)28-10-8-19(29)9-11-28/h3-7,12-14,19,22-23,25,29H,8-11,15-16,27H2,1-2H3. The fourth-order valence-corrected chi connectivity index (χ4v) is 4.25. The van der Waals surface area contributed by atoms with Crippen molar-refractivity contribution in [1.82, 2.24) is 4.90 Å². The lowest BCUT2D eigenvalue weighted by Crippen LogP contribution is -2.50. The molecule has 180 valence electrons. The number of carbonyl (C=O) groups is 1. The lowest BCUT2D eigenvalue weighted by molar-refractivity contribution is 0.0224. The molecule has 0 spiro atoms. The van der Waals surface area contributed by atoms with Crippen molar-refractivity contribution in [2.24, 2.45) is 5.73 Å². The van der Waals surface area contributed by atoms with E-state index in [9.17, 15) is 9.90 Å². The van der Waals surface area contributed by atoms with E-state index in [4.69, 9.17) is 31.5 Å². The third kappa shape index (κ3) is 7.16. The van der Waals surface area contributed by atoms with E-state index < -0.39 is 17.6 Å². The maximum atomic E-state index is 13.3. The van der Waals surface area contributed by atoms with Crippen molar-refractivity contribution in [3.8, 4) is 11.5 Å². The summed E-state index contributed by atoms with van der Waals surface area (Å²) in [4.78, 5) is 15.3. The molecule has 8 heteroatoms. The van der Waals surface area contributed by atoms with Crippen LogP contribution in [0.1, 0.15) is 35.2 Å². The average Bonchev–Trinajstić information content (AvgIpc) is 2.86. The first-order valence-corrected chi connectivity index (χ1v) is 11.6. The summed E-state index contributed by atoms with van der Waals surface area (Å²) in [7, 11) is 3.17. The van der Waals surface area contributed by atoms with Crippen LogP contribution < -0.4 is 15.2 Å². The molecule has 0 bridgehead atoms. The van der Waals surface area contributed by atoms with E-state index in [2.05, 4.69) is 4.90 Å². The molecule has 1 saturated heterocycles. The zero-order valence-electron chi connectivity index (χ0n) is 19.2. The topological polar surface area (TPSA) is 94.3 Å². The van der Waals surface area contributed by atoms with Crippen molar-refractivity contribution < 1.29 is 24.1 Å². The Morgan fingerprint density at radius 2 is 1.73 bits per heavy atom. The van der Waals surface area contributed by atoms with Crippen LogP contribution in [0.3, 0.4) is 0 Å². The number of Topliss-reactive ketones (excluding diaryl/α,β-unsaturated/α-hetero) is 1. The summed E-state index contributed by atoms with van der Waals surface area (Å²) >= 11 is 6.67. The predicted octanol–water partition coefficient (Wildman–Crippen LogP) is 3.21. The van der Waals surface area contributed by atoms with Gasteiger partial charge in [0.2, 0.25) is 0 Å². The number of aliphatic hydroxyl groups excluding tert-OH is 1. The number of rotatable bonds is 11. The van der Waals surface area contributed by atoms with Crippen LogP contribution in [0, 0.1) is 0 Å². The molecule has 7 nitrogen and oxygen atoms in total. The minimum atomic E-state index is -0.767. The van der Waals surface area contributed by atoms with Gasteiger partial charge in [-0.15, -0.1) is 11.6 Å². The van der Waals surface area contributed by atoms with Gasteiger partial charge in [0.15, 0.2) is 5.78 Å². The van der Waals surface area contributed by atoms with E-state index in [1.807, 2.05) is 30.3 Å². The van der Waals surface area contributed by atoms with Crippen LogP contribution in [0.25, 0.3) is 0 Å². The number of nitrogens with zero attached hydrogens (tertiary/aromatic N) is 1. The maximum Gasteiger partial charge on any atom is 0.191 e. The Bertz CT molecular complexity index is 867. The van der Waals surface area contributed by atoms with Gasteiger partial charge in [-0.1, -0.05) is 30.3 Å². The monoisotopic (exact) mass is 476 g/mol. The van der Waals surface area contributed by atoms with Crippen LogP contribution in [0.5, 0.6) is 11.5 Å². The van der Waals surface area contributed by atoms with Crippen LogP contribution in [0.4, 0.5) is 0 Å². The highest BCUT2D eigenvalue weighted by Crippen LogP contribution is 2.25. The smallest absolute Gasteiger partial charge is 0.191 e. The van der Waals surface area contributed by atoms with E-state index >= 15 is 0 Å². The number of hydrogen-bond donors (Lipinski definition) is 2. The summed E-state index contributed by atoms with van der Waals surface area (Å²) in [6.45, 7) is 1.53. The summed E-state index contributed by atoms with van der Waals surface area (Å²) in [5.41, 5.74) is 7.37. The number of alkyl halides is 1. The van der Waals surface area contributed by atoms with Crippen molar-refractivity contribution in [3.63, 3.8) is 0 Å². The molecule has 0 saturated carbocycles. The lowest BCUT2D eigenvalue weighted by Gasteiger charge is -2.36. The Morgan fingerprint density at radius 1 is 1.12 bits per heavy atom. The Labute approximate surface area is 200 Å². The van der Waals surface area contributed by atoms with Gasteiger partial charge in [-0.05, 0) is 37.0 Å². The molecule has 1 aliphatic heterocycles. The molecule has 0 aliphatic carbocycles. The van der Waals surface area contributed by atoms with E-state index in [1.165, 1.54) is 0 Å². The summed E-state index contributed by atoms with van der Waals surface area (Å²) in [6, 6.07) is 14.0. The normalized spacial score (nSPS) is 17.8. The molecule has 1 fully saturated rings. The third-order valence-corrected chi connectivity index (χ3v) is 6.50. The fourth-order valence-electron chi connectivity index (χ4n) is 3.95. The maximum absolute atomic E-state index is 13.3. The molecule has 2 aromatic carbocycles. The zero-order valence-corrected chi connectivity index (χ0v) is 19.9. The Hall–Kier alpha value is -2.16. The number of carbonyl (C=O) groups excluding carboxylic acids is 1. The number of benzene rings is 2. The van der Waals surface area contributed by atoms with Gasteiger partial charge in [0.1, 0.15) is 23.1 Å². The lowest BCUT2D eigenvalue weighted by atomic mass is 9.99. The van der Waals surface area contributed by atoms with Gasteiger partial charge in [-0.2, -0.15) is 0 Å². The van der Waals surface area contributed by atoms with Crippen molar-refractivity contribution in [3.05, 3.63) is 59.7 Å². The second kappa shape index (κ2) is 12.3. The number of piperidine rings is 1. The van der Waals surface area contributed by atoms with Crippen molar-refractivity contribution in [1.29, 1.82) is 0 Å². The van der Waals surface area contributed by atoms with Gasteiger partial charge in [0, 0.05) is 30.8 Å². The quantitative estimate of drug-likeness (QED) is 0.292. The summed E-state index contributed by atoms with van der Waals surface area (Å²) in [5, 5.41) is 9.76. The number of aliphatic hydroxyl groups is 1. The van der Waals surface area contributed by atoms with E-state index in [0.717, 1.165) is 5.56 Å². The first-order valence-electron chi connectivity index (χ1n) is 11.2. The second-order valence-corrected chi connectivity index (χ2v) is 8.74. The number of methoxy groups -OCH3 is 2. The van der Waals surface area contributed by atoms with Crippen LogP contribution in [-0.4, -0.2) is 66.8 Å². The number of likely N-dealkylation sites (tertiary alicyclic amines) is 1. The molecule has 3 rings (SSSR count). The Morgan fingerprint density at radius 3 is 2.30 bits per heavy atom. The summed E-state index contributed by atoms with van der Waals surface area (Å²) < 4.78 is 16.8. The molecule has 3 unspecified atom stereocenters. The van der Waals surface area contributed by atoms with Gasteiger partial charge in [0.25, 0.3) is 0 Å². The van der Waals surface area contributed by atoms with Crippen LogP contribution in [0.15, 0.2) is 48.5 Å². The predicted molar refractivity (Wildman–Crippen MR) is 128 cm³/mol. The highest BCUT2D eigenvalue weighted by Gasteiger charge is 2.31. The van der Waals surface area contributed by atoms with Gasteiger partial charge in [-0.3, -0.25) is 9.69 Å². The molecular formula is C25H33ClN2O5. The van der Waals surface area contributed by atoms with E-state index in [-0.39, 0.29) is 24.9 Å². The van der Waals surface area contributed by atoms with Crippen molar-refractivity contribution in [2.45, 2.75) is 49.6 Å². The van der Waals surface area contributed by atoms with Crippen LogP contribution in [-0.2, 0) is 11.3 Å². The second-order valence-electron chi connectivity index (χ2n) is 8.29. The molecule has 3 atom stereocenters. The van der Waals surface area contributed by atoms with Gasteiger partial charge in [0.05, 0.1) is 26.9 Å². The molecule has 1 heterocycles. The summed E-state index contributed by atoms with van der Waals surface area (Å²) in [6.07, 6.45) is 0.530. The van der Waals surface area contributed by atoms with E-state index in [1.54, 1.807) is 32.4 Å². The highest BCUT2D eigenvalue weighted by atomic mass is 35.5. The van der Waals surface area contributed by atoms with Gasteiger partial charge >= 0.3 is 0 Å². The first-order chi connectivity index (χ1) is 15.9. The Balaban J connectivity index is 1.73. The number of nitrogens with two attached hydrogens (primary N) is 1. The van der Waals surface area contributed by atoms with Gasteiger partial charge < -0.3 is 25.1 Å². The molecule has 3 N–H and O–H groups in total.